The number of aromatic hydroxyl groups is 1. The molecule has 2 rings (SSSR count). The maximum Gasteiger partial charge on any atom is 0.311 e. The number of carbonyl (C=O) groups excluding carboxylic acids is 1. The van der Waals surface area contributed by atoms with Gasteiger partial charge < -0.3 is 10.4 Å². The molecule has 1 aromatic rings. The van der Waals surface area contributed by atoms with E-state index < -0.39 is 22.3 Å². The van der Waals surface area contributed by atoms with Crippen molar-refractivity contribution in [3.63, 3.8) is 0 Å². The van der Waals surface area contributed by atoms with E-state index >= 15 is 0 Å². The highest BCUT2D eigenvalue weighted by molar-refractivity contribution is 5.98. The lowest BCUT2D eigenvalue weighted by atomic mass is 9.97. The molecule has 0 aliphatic heterocycles. The fourth-order valence-corrected chi connectivity index (χ4v) is 2.68. The Hall–Kier alpha value is -2.11. The molecule has 1 fully saturated rings. The van der Waals surface area contributed by atoms with Crippen LogP contribution in [0.4, 0.5) is 5.69 Å². The standard InChI is InChI=1S/C14H18N2O4/c1-8-6-7-11(9(8)2)15-14(18)10-4-3-5-12(13(10)17)16(19)20/h3-5,8-9,11,17H,6-7H2,1-2H3,(H,15,18). The fourth-order valence-electron chi connectivity index (χ4n) is 2.68. The number of phenols is 1. The number of benzene rings is 1. The van der Waals surface area contributed by atoms with Crippen molar-refractivity contribution in [1.29, 1.82) is 0 Å². The number of para-hydroxylation sites is 1. The summed E-state index contributed by atoms with van der Waals surface area (Å²) >= 11 is 0. The third kappa shape index (κ3) is 2.59. The second-order valence-electron chi connectivity index (χ2n) is 5.42. The van der Waals surface area contributed by atoms with Gasteiger partial charge in [-0.1, -0.05) is 19.9 Å². The van der Waals surface area contributed by atoms with E-state index in [2.05, 4.69) is 19.2 Å². The molecule has 1 amide bonds. The van der Waals surface area contributed by atoms with Gasteiger partial charge in [-0.15, -0.1) is 0 Å². The lowest BCUT2D eigenvalue weighted by Gasteiger charge is -2.19. The van der Waals surface area contributed by atoms with Crippen molar-refractivity contribution >= 4 is 11.6 Å². The van der Waals surface area contributed by atoms with Crippen LogP contribution in [0.3, 0.4) is 0 Å². The van der Waals surface area contributed by atoms with Gasteiger partial charge in [-0.05, 0) is 30.7 Å². The van der Waals surface area contributed by atoms with Crippen LogP contribution in [0.15, 0.2) is 18.2 Å². The van der Waals surface area contributed by atoms with Gasteiger partial charge in [0.2, 0.25) is 5.75 Å². The van der Waals surface area contributed by atoms with Crippen LogP contribution >= 0.6 is 0 Å². The monoisotopic (exact) mass is 278 g/mol. The number of amides is 1. The molecule has 3 atom stereocenters. The van der Waals surface area contributed by atoms with Gasteiger partial charge in [-0.3, -0.25) is 14.9 Å². The number of hydrogen-bond donors (Lipinski definition) is 2. The molecule has 1 aliphatic rings. The largest absolute Gasteiger partial charge is 0.502 e. The molecule has 6 heteroatoms. The summed E-state index contributed by atoms with van der Waals surface area (Å²) < 4.78 is 0. The Labute approximate surface area is 117 Å². The fraction of sp³-hybridized carbons (Fsp3) is 0.500. The van der Waals surface area contributed by atoms with Crippen LogP contribution in [0.1, 0.15) is 37.0 Å². The van der Waals surface area contributed by atoms with Crippen molar-refractivity contribution in [2.45, 2.75) is 32.7 Å². The zero-order chi connectivity index (χ0) is 14.9. The Morgan fingerprint density at radius 3 is 2.65 bits per heavy atom. The Bertz CT molecular complexity index is 544. The first-order chi connectivity index (χ1) is 9.41. The second kappa shape index (κ2) is 5.48. The molecule has 108 valence electrons. The zero-order valence-corrected chi connectivity index (χ0v) is 11.5. The molecule has 0 heterocycles. The number of hydrogen-bond acceptors (Lipinski definition) is 4. The minimum Gasteiger partial charge on any atom is -0.502 e. The summed E-state index contributed by atoms with van der Waals surface area (Å²) in [6.07, 6.45) is 1.94. The molecule has 6 nitrogen and oxygen atoms in total. The molecule has 0 radical (unpaired) electrons. The molecular weight excluding hydrogens is 260 g/mol. The topological polar surface area (TPSA) is 92.5 Å². The van der Waals surface area contributed by atoms with Gasteiger partial charge in [0.05, 0.1) is 10.5 Å². The second-order valence-corrected chi connectivity index (χ2v) is 5.42. The number of nitro benzene ring substituents is 1. The summed E-state index contributed by atoms with van der Waals surface area (Å²) in [6, 6.07) is 4.01. The van der Waals surface area contributed by atoms with Gasteiger partial charge in [-0.2, -0.15) is 0 Å². The predicted molar refractivity (Wildman–Crippen MR) is 73.6 cm³/mol. The van der Waals surface area contributed by atoms with Crippen molar-refractivity contribution in [2.24, 2.45) is 11.8 Å². The van der Waals surface area contributed by atoms with E-state index in [0.717, 1.165) is 12.8 Å². The highest BCUT2D eigenvalue weighted by Gasteiger charge is 2.32. The van der Waals surface area contributed by atoms with E-state index in [-0.39, 0.29) is 11.6 Å². The zero-order valence-electron chi connectivity index (χ0n) is 11.5. The Morgan fingerprint density at radius 1 is 1.40 bits per heavy atom. The van der Waals surface area contributed by atoms with Crippen molar-refractivity contribution in [1.82, 2.24) is 5.32 Å². The summed E-state index contributed by atoms with van der Waals surface area (Å²) in [5.41, 5.74) is -0.503. The smallest absolute Gasteiger partial charge is 0.311 e. The van der Waals surface area contributed by atoms with Gasteiger partial charge >= 0.3 is 5.69 Å². The normalized spacial score (nSPS) is 25.4. The summed E-state index contributed by atoms with van der Waals surface area (Å²) in [5, 5.41) is 23.4. The average molecular weight is 278 g/mol. The van der Waals surface area contributed by atoms with E-state index in [4.69, 9.17) is 0 Å². The summed E-state index contributed by atoms with van der Waals surface area (Å²) in [5.74, 6) is -0.135. The third-order valence-electron chi connectivity index (χ3n) is 4.24. The van der Waals surface area contributed by atoms with E-state index in [1.54, 1.807) is 0 Å². The summed E-state index contributed by atoms with van der Waals surface area (Å²) in [6.45, 7) is 4.22. The number of carbonyl (C=O) groups is 1. The number of nitro groups is 1. The van der Waals surface area contributed by atoms with Gasteiger partial charge in [0, 0.05) is 12.1 Å². The first kappa shape index (κ1) is 14.3. The van der Waals surface area contributed by atoms with Crippen LogP contribution in [-0.2, 0) is 0 Å². The van der Waals surface area contributed by atoms with Crippen molar-refractivity contribution in [3.8, 4) is 5.75 Å². The molecule has 0 aromatic heterocycles. The van der Waals surface area contributed by atoms with Crippen LogP contribution in [0.2, 0.25) is 0 Å². The Morgan fingerprint density at radius 2 is 2.10 bits per heavy atom. The molecule has 0 bridgehead atoms. The average Bonchev–Trinajstić information content (AvgIpc) is 2.70. The minimum absolute atomic E-state index is 0.0500. The quantitative estimate of drug-likeness (QED) is 0.656. The maximum atomic E-state index is 12.2. The molecule has 0 saturated heterocycles. The number of phenolic OH excluding ortho intramolecular Hbond substituents is 1. The highest BCUT2D eigenvalue weighted by Crippen LogP contribution is 2.33. The minimum atomic E-state index is -0.702. The van der Waals surface area contributed by atoms with Gasteiger partial charge in [-0.25, -0.2) is 0 Å². The van der Waals surface area contributed by atoms with Crippen molar-refractivity contribution in [2.75, 3.05) is 0 Å². The Kier molecular flexibility index (Phi) is 3.92. The third-order valence-corrected chi connectivity index (χ3v) is 4.24. The molecule has 3 unspecified atom stereocenters. The van der Waals surface area contributed by atoms with E-state index in [9.17, 15) is 20.0 Å². The number of nitrogens with one attached hydrogen (secondary N) is 1. The van der Waals surface area contributed by atoms with Crippen LogP contribution in [0, 0.1) is 22.0 Å². The molecule has 1 aromatic carbocycles. The number of rotatable bonds is 3. The van der Waals surface area contributed by atoms with Gasteiger partial charge in [0.25, 0.3) is 5.91 Å². The first-order valence-electron chi connectivity index (χ1n) is 6.69. The molecule has 20 heavy (non-hydrogen) atoms. The first-order valence-corrected chi connectivity index (χ1v) is 6.69. The molecular formula is C14H18N2O4. The molecule has 2 N–H and O–H groups in total. The Balaban J connectivity index is 2.18. The molecule has 0 spiro atoms. The maximum absolute atomic E-state index is 12.2. The van der Waals surface area contributed by atoms with E-state index in [0.29, 0.717) is 11.8 Å². The van der Waals surface area contributed by atoms with Crippen molar-refractivity contribution < 1.29 is 14.8 Å². The lowest BCUT2D eigenvalue weighted by molar-refractivity contribution is -0.385. The van der Waals surface area contributed by atoms with E-state index in [1.807, 2.05) is 0 Å². The van der Waals surface area contributed by atoms with Crippen LogP contribution in [-0.4, -0.2) is 22.0 Å². The summed E-state index contributed by atoms with van der Waals surface area (Å²) in [4.78, 5) is 22.2. The molecule has 1 aliphatic carbocycles. The lowest BCUT2D eigenvalue weighted by Crippen LogP contribution is -2.37. The van der Waals surface area contributed by atoms with Crippen LogP contribution in [0.25, 0.3) is 0 Å². The molecule has 1 saturated carbocycles. The van der Waals surface area contributed by atoms with Gasteiger partial charge in [0.1, 0.15) is 0 Å². The highest BCUT2D eigenvalue weighted by atomic mass is 16.6. The van der Waals surface area contributed by atoms with Gasteiger partial charge in [0.15, 0.2) is 0 Å². The van der Waals surface area contributed by atoms with Crippen LogP contribution < -0.4 is 5.32 Å². The predicted octanol–water partition coefficient (Wildman–Crippen LogP) is 2.46. The SMILES string of the molecule is CC1CCC(NC(=O)c2cccc([N+](=O)[O-])c2O)C1C. The van der Waals surface area contributed by atoms with Crippen LogP contribution in [0.5, 0.6) is 5.75 Å². The van der Waals surface area contributed by atoms with E-state index in [1.165, 1.54) is 18.2 Å². The summed E-state index contributed by atoms with van der Waals surface area (Å²) in [7, 11) is 0. The number of nitrogens with zero attached hydrogens (tertiary/aromatic N) is 1. The van der Waals surface area contributed by atoms with Crippen molar-refractivity contribution in [3.05, 3.63) is 33.9 Å².